The van der Waals surface area contributed by atoms with E-state index in [9.17, 15) is 9.59 Å². The van der Waals surface area contributed by atoms with Crippen molar-refractivity contribution in [2.45, 2.75) is 38.7 Å². The van der Waals surface area contributed by atoms with Crippen molar-refractivity contribution in [2.24, 2.45) is 5.41 Å². The minimum absolute atomic E-state index is 0.0897. The Bertz CT molecular complexity index is 668. The number of ether oxygens (including phenoxy) is 1. The first-order valence-corrected chi connectivity index (χ1v) is 8.84. The van der Waals surface area contributed by atoms with Gasteiger partial charge in [-0.25, -0.2) is 0 Å². The smallest absolute Gasteiger partial charge is 0.251 e. The van der Waals surface area contributed by atoms with E-state index >= 15 is 0 Å². The number of carbonyl (C=O) groups is 2. The highest BCUT2D eigenvalue weighted by Crippen LogP contribution is 2.42. The van der Waals surface area contributed by atoms with Gasteiger partial charge in [-0.2, -0.15) is 0 Å². The molecule has 0 saturated carbocycles. The van der Waals surface area contributed by atoms with E-state index < -0.39 is 0 Å². The van der Waals surface area contributed by atoms with Crippen molar-refractivity contribution in [3.63, 3.8) is 0 Å². The Morgan fingerprint density at radius 3 is 2.88 bits per heavy atom. The summed E-state index contributed by atoms with van der Waals surface area (Å²) in [6, 6.07) is 8.02. The van der Waals surface area contributed by atoms with Gasteiger partial charge in [0.25, 0.3) is 5.91 Å². The molecule has 0 N–H and O–H groups in total. The molecule has 0 radical (unpaired) electrons. The number of amides is 2. The summed E-state index contributed by atoms with van der Waals surface area (Å²) in [4.78, 5) is 29.0. The molecule has 1 aromatic rings. The molecule has 3 aliphatic heterocycles. The van der Waals surface area contributed by atoms with E-state index in [-0.39, 0.29) is 23.3 Å². The standard InChI is InChI=1S/C19H24N2O3/c1-14-5-2-3-6-15(14)21-13-19(11-17(21)22)8-9-20(12-19)18(23)16-7-4-10-24-16/h2-3,5-6,16H,4,7-13H2,1H3/t16-,19?/m1/s1. The lowest BCUT2D eigenvalue weighted by Gasteiger charge is -2.26. The first kappa shape index (κ1) is 15.6. The number of benzene rings is 1. The van der Waals surface area contributed by atoms with Crippen LogP contribution in [0.3, 0.4) is 0 Å². The molecule has 0 aliphatic carbocycles. The van der Waals surface area contributed by atoms with Crippen LogP contribution in [0.5, 0.6) is 0 Å². The second kappa shape index (κ2) is 5.88. The topological polar surface area (TPSA) is 49.9 Å². The van der Waals surface area contributed by atoms with Crippen molar-refractivity contribution in [2.75, 3.05) is 31.1 Å². The monoisotopic (exact) mass is 328 g/mol. The quantitative estimate of drug-likeness (QED) is 0.836. The van der Waals surface area contributed by atoms with Gasteiger partial charge in [0.15, 0.2) is 0 Å². The zero-order chi connectivity index (χ0) is 16.7. The molecule has 0 aromatic heterocycles. The van der Waals surface area contributed by atoms with Crippen molar-refractivity contribution in [1.82, 2.24) is 4.90 Å². The third kappa shape index (κ3) is 2.61. The molecule has 4 rings (SSSR count). The second-order valence-corrected chi connectivity index (χ2v) is 7.45. The maximum atomic E-state index is 12.6. The fourth-order valence-corrected chi connectivity index (χ4v) is 4.35. The largest absolute Gasteiger partial charge is 0.368 e. The van der Waals surface area contributed by atoms with E-state index in [1.54, 1.807) is 0 Å². The van der Waals surface area contributed by atoms with Crippen LogP contribution in [0.25, 0.3) is 0 Å². The Balaban J connectivity index is 1.48. The molecule has 3 saturated heterocycles. The Labute approximate surface area is 142 Å². The van der Waals surface area contributed by atoms with Crippen LogP contribution >= 0.6 is 0 Å². The molecule has 24 heavy (non-hydrogen) atoms. The zero-order valence-corrected chi connectivity index (χ0v) is 14.2. The summed E-state index contributed by atoms with van der Waals surface area (Å²) in [7, 11) is 0. The molecule has 5 nitrogen and oxygen atoms in total. The Kier molecular flexibility index (Phi) is 3.83. The minimum atomic E-state index is -0.260. The number of para-hydroxylation sites is 1. The molecule has 1 spiro atoms. The van der Waals surface area contributed by atoms with Crippen LogP contribution in [0, 0.1) is 12.3 Å². The van der Waals surface area contributed by atoms with Crippen LogP contribution < -0.4 is 4.90 Å². The molecule has 3 heterocycles. The lowest BCUT2D eigenvalue weighted by Crippen LogP contribution is -2.39. The van der Waals surface area contributed by atoms with E-state index in [0.29, 0.717) is 26.1 Å². The van der Waals surface area contributed by atoms with Gasteiger partial charge in [-0.15, -0.1) is 0 Å². The number of hydrogen-bond donors (Lipinski definition) is 0. The number of nitrogens with zero attached hydrogens (tertiary/aromatic N) is 2. The molecule has 5 heteroatoms. The van der Waals surface area contributed by atoms with Crippen molar-refractivity contribution in [3.05, 3.63) is 29.8 Å². The van der Waals surface area contributed by atoms with Gasteiger partial charge in [-0.05, 0) is 37.8 Å². The van der Waals surface area contributed by atoms with Crippen LogP contribution in [0.4, 0.5) is 5.69 Å². The summed E-state index contributed by atoms with van der Waals surface area (Å²) in [6.07, 6.45) is 2.98. The van der Waals surface area contributed by atoms with Crippen molar-refractivity contribution in [3.8, 4) is 0 Å². The van der Waals surface area contributed by atoms with E-state index in [1.807, 2.05) is 41.0 Å². The maximum Gasteiger partial charge on any atom is 0.251 e. The maximum absolute atomic E-state index is 12.6. The summed E-state index contributed by atoms with van der Waals surface area (Å²) < 4.78 is 5.54. The van der Waals surface area contributed by atoms with E-state index in [0.717, 1.165) is 37.1 Å². The lowest BCUT2D eigenvalue weighted by molar-refractivity contribution is -0.140. The highest BCUT2D eigenvalue weighted by molar-refractivity contribution is 5.97. The van der Waals surface area contributed by atoms with Crippen LogP contribution in [-0.4, -0.2) is 49.1 Å². The summed E-state index contributed by atoms with van der Waals surface area (Å²) in [6.45, 7) is 4.86. The zero-order valence-electron chi connectivity index (χ0n) is 14.2. The highest BCUT2D eigenvalue weighted by Gasteiger charge is 2.49. The number of likely N-dealkylation sites (tertiary alicyclic amines) is 1. The molecule has 0 bridgehead atoms. The number of rotatable bonds is 2. The van der Waals surface area contributed by atoms with Crippen molar-refractivity contribution >= 4 is 17.5 Å². The molecule has 1 aromatic carbocycles. The summed E-state index contributed by atoms with van der Waals surface area (Å²) >= 11 is 0. The second-order valence-electron chi connectivity index (χ2n) is 7.45. The van der Waals surface area contributed by atoms with E-state index in [4.69, 9.17) is 4.74 Å². The Morgan fingerprint density at radius 1 is 1.29 bits per heavy atom. The van der Waals surface area contributed by atoms with E-state index in [1.165, 1.54) is 0 Å². The SMILES string of the molecule is Cc1ccccc1N1CC2(CCN(C(=O)[C@H]3CCCO3)C2)CC1=O. The van der Waals surface area contributed by atoms with Gasteiger partial charge in [0.2, 0.25) is 5.91 Å². The predicted octanol–water partition coefficient (Wildman–Crippen LogP) is 2.13. The average Bonchev–Trinajstić information content (AvgIpc) is 3.29. The van der Waals surface area contributed by atoms with Gasteiger partial charge in [-0.3, -0.25) is 9.59 Å². The van der Waals surface area contributed by atoms with Crippen LogP contribution in [0.15, 0.2) is 24.3 Å². The third-order valence-corrected chi connectivity index (χ3v) is 5.68. The van der Waals surface area contributed by atoms with Crippen LogP contribution in [0.1, 0.15) is 31.2 Å². The van der Waals surface area contributed by atoms with Crippen LogP contribution in [0.2, 0.25) is 0 Å². The highest BCUT2D eigenvalue weighted by atomic mass is 16.5. The first-order valence-electron chi connectivity index (χ1n) is 8.84. The van der Waals surface area contributed by atoms with Crippen LogP contribution in [-0.2, 0) is 14.3 Å². The average molecular weight is 328 g/mol. The molecular formula is C19H24N2O3. The molecule has 3 aliphatic rings. The summed E-state index contributed by atoms with van der Waals surface area (Å²) in [5, 5.41) is 0. The van der Waals surface area contributed by atoms with Gasteiger partial charge >= 0.3 is 0 Å². The normalized spacial score (nSPS) is 29.9. The lowest BCUT2D eigenvalue weighted by atomic mass is 9.86. The summed E-state index contributed by atoms with van der Waals surface area (Å²) in [5.74, 6) is 0.293. The van der Waals surface area contributed by atoms with Gasteiger partial charge in [0, 0.05) is 43.8 Å². The number of aryl methyl sites for hydroxylation is 1. The van der Waals surface area contributed by atoms with Crippen molar-refractivity contribution < 1.29 is 14.3 Å². The minimum Gasteiger partial charge on any atom is -0.368 e. The summed E-state index contributed by atoms with van der Waals surface area (Å²) in [5.41, 5.74) is 2.03. The number of carbonyl (C=O) groups excluding carboxylic acids is 2. The molecule has 2 atom stereocenters. The van der Waals surface area contributed by atoms with Gasteiger partial charge in [-0.1, -0.05) is 18.2 Å². The molecule has 1 unspecified atom stereocenters. The van der Waals surface area contributed by atoms with Gasteiger partial charge < -0.3 is 14.5 Å². The number of hydrogen-bond acceptors (Lipinski definition) is 3. The van der Waals surface area contributed by atoms with Gasteiger partial charge in [0.05, 0.1) is 0 Å². The molecule has 3 fully saturated rings. The molecular weight excluding hydrogens is 304 g/mol. The molecule has 2 amide bonds. The first-order chi connectivity index (χ1) is 11.6. The fraction of sp³-hybridized carbons (Fsp3) is 0.579. The Hall–Kier alpha value is -1.88. The van der Waals surface area contributed by atoms with Crippen molar-refractivity contribution in [1.29, 1.82) is 0 Å². The molecule has 128 valence electrons. The van der Waals surface area contributed by atoms with Gasteiger partial charge in [0.1, 0.15) is 6.10 Å². The number of anilines is 1. The van der Waals surface area contributed by atoms with E-state index in [2.05, 4.69) is 0 Å². The predicted molar refractivity (Wildman–Crippen MR) is 90.8 cm³/mol. The Morgan fingerprint density at radius 2 is 2.12 bits per heavy atom. The third-order valence-electron chi connectivity index (χ3n) is 5.68. The fourth-order valence-electron chi connectivity index (χ4n) is 4.35.